The van der Waals surface area contributed by atoms with Crippen molar-refractivity contribution < 1.29 is 33.7 Å². The summed E-state index contributed by atoms with van der Waals surface area (Å²) in [6.45, 7) is 17.8. The summed E-state index contributed by atoms with van der Waals surface area (Å²) in [5.74, 6) is 2.24. The Labute approximate surface area is 272 Å². The topological polar surface area (TPSA) is 99.1 Å². The molecule has 0 aromatic heterocycles. The number of fused-ring (bicyclic) bond motifs is 2. The Kier molecular flexibility index (Phi) is 9.43. The van der Waals surface area contributed by atoms with Crippen LogP contribution < -0.4 is 0 Å². The van der Waals surface area contributed by atoms with E-state index < -0.39 is 6.29 Å². The van der Waals surface area contributed by atoms with E-state index >= 15 is 0 Å². The van der Waals surface area contributed by atoms with Crippen molar-refractivity contribution >= 4 is 18.4 Å². The van der Waals surface area contributed by atoms with Crippen molar-refractivity contribution in [2.24, 2.45) is 56.7 Å². The molecule has 2 spiro atoms. The Hall–Kier alpha value is -1.15. The van der Waals surface area contributed by atoms with Gasteiger partial charge in [0.2, 0.25) is 6.29 Å². The average molecular weight is 631 g/mol. The summed E-state index contributed by atoms with van der Waals surface area (Å²) in [7, 11) is 1.74. The molecule has 0 aliphatic heterocycles. The molecule has 6 aliphatic carbocycles. The second-order valence-corrected chi connectivity index (χ2v) is 17.7. The van der Waals surface area contributed by atoms with Crippen molar-refractivity contribution in [3.63, 3.8) is 0 Å². The first-order valence-electron chi connectivity index (χ1n) is 17.9. The van der Waals surface area contributed by atoms with Crippen LogP contribution in [0.2, 0.25) is 0 Å². The number of ketones is 1. The van der Waals surface area contributed by atoms with Gasteiger partial charge in [0.15, 0.2) is 6.29 Å². The first-order chi connectivity index (χ1) is 21.0. The number of methoxy groups -OCH3 is 1. The molecule has 2 bridgehead atoms. The van der Waals surface area contributed by atoms with E-state index in [1.165, 1.54) is 25.7 Å². The number of ether oxygens (including phenoxy) is 3. The van der Waals surface area contributed by atoms with Gasteiger partial charge in [-0.1, -0.05) is 34.6 Å². The number of Topliss-reactive ketones (excluding diaryl/α,β-unsaturated/α-hetero) is 1. The number of carbonyl (C=O) groups excluding carboxylic acids is 3. The standard InChI is InChI=1S/C38H62O7/c1-24(10-11-26(20-25(2)41)34(5,6)43-9)32-27(42)21-36(8)28-14-15-38-23-37(28,17-16-35(32,36)7)29(38)12-13-30(33(38,3)4)45-31(22-40)44-19-18-39/h18,22,24,26-32,42H,10-17,19-21,23H2,1-9H3. The SMILES string of the molecule is COC(C)(C)C(CCC(C)C1C(O)CC2(C)C3CCC45CC3(CCC12C)C4CCC(OC(C=O)OCC=O)C5(C)C)CC(C)=O. The monoisotopic (exact) mass is 630 g/mol. The molecule has 256 valence electrons. The van der Waals surface area contributed by atoms with Gasteiger partial charge in [-0.2, -0.15) is 0 Å². The fourth-order valence-corrected chi connectivity index (χ4v) is 13.1. The molecule has 0 radical (unpaired) electrons. The Morgan fingerprint density at radius 3 is 2.33 bits per heavy atom. The zero-order valence-corrected chi connectivity index (χ0v) is 29.7. The first kappa shape index (κ1) is 35.2. The van der Waals surface area contributed by atoms with Crippen molar-refractivity contribution in [3.05, 3.63) is 0 Å². The average Bonchev–Trinajstić information content (AvgIpc) is 3.19. The molecule has 12 unspecified atom stereocenters. The van der Waals surface area contributed by atoms with Gasteiger partial charge in [0.05, 0.1) is 17.8 Å². The van der Waals surface area contributed by atoms with Gasteiger partial charge < -0.3 is 28.9 Å². The molecule has 6 rings (SSSR count). The van der Waals surface area contributed by atoms with Gasteiger partial charge in [0.25, 0.3) is 0 Å². The van der Waals surface area contributed by atoms with Crippen LogP contribution in [0.3, 0.4) is 0 Å². The van der Waals surface area contributed by atoms with E-state index in [-0.39, 0.29) is 63.7 Å². The maximum absolute atomic E-state index is 12.1. The second-order valence-electron chi connectivity index (χ2n) is 17.7. The van der Waals surface area contributed by atoms with Crippen LogP contribution in [0.15, 0.2) is 0 Å². The lowest BCUT2D eigenvalue weighted by molar-refractivity contribution is -0.347. The minimum absolute atomic E-state index is 0.0765. The van der Waals surface area contributed by atoms with Crippen molar-refractivity contribution in [1.82, 2.24) is 0 Å². The summed E-state index contributed by atoms with van der Waals surface area (Å²) in [6, 6.07) is 0. The number of aliphatic hydroxyl groups excluding tert-OH is 1. The van der Waals surface area contributed by atoms with Crippen LogP contribution in [0.4, 0.5) is 0 Å². The molecule has 6 fully saturated rings. The number of aldehydes is 2. The Morgan fingerprint density at radius 2 is 1.71 bits per heavy atom. The summed E-state index contributed by atoms with van der Waals surface area (Å²) in [4.78, 5) is 34.7. The van der Waals surface area contributed by atoms with Gasteiger partial charge in [-0.15, -0.1) is 0 Å². The smallest absolute Gasteiger partial charge is 0.215 e. The molecule has 0 aromatic carbocycles. The van der Waals surface area contributed by atoms with E-state index in [0.29, 0.717) is 42.2 Å². The van der Waals surface area contributed by atoms with E-state index in [9.17, 15) is 19.5 Å². The second kappa shape index (κ2) is 12.1. The summed E-state index contributed by atoms with van der Waals surface area (Å²) < 4.78 is 17.5. The van der Waals surface area contributed by atoms with Crippen LogP contribution in [-0.2, 0) is 28.6 Å². The van der Waals surface area contributed by atoms with Gasteiger partial charge in [0.1, 0.15) is 18.7 Å². The molecular weight excluding hydrogens is 568 g/mol. The fraction of sp³-hybridized carbons (Fsp3) is 0.921. The quantitative estimate of drug-likeness (QED) is 0.164. The zero-order chi connectivity index (χ0) is 33.2. The highest BCUT2D eigenvalue weighted by Gasteiger charge is 2.80. The van der Waals surface area contributed by atoms with Gasteiger partial charge in [0, 0.05) is 13.5 Å². The highest BCUT2D eigenvalue weighted by Crippen LogP contribution is 2.86. The Bertz CT molecular complexity index is 1130. The third-order valence-electron chi connectivity index (χ3n) is 15.7. The lowest BCUT2D eigenvalue weighted by Gasteiger charge is -2.81. The Morgan fingerprint density at radius 1 is 1.00 bits per heavy atom. The third kappa shape index (κ3) is 5.15. The lowest BCUT2D eigenvalue weighted by Crippen LogP contribution is -2.75. The van der Waals surface area contributed by atoms with Crippen LogP contribution in [0.1, 0.15) is 126 Å². The predicted octanol–water partition coefficient (Wildman–Crippen LogP) is 6.96. The van der Waals surface area contributed by atoms with Gasteiger partial charge in [-0.3, -0.25) is 4.79 Å². The predicted molar refractivity (Wildman–Crippen MR) is 173 cm³/mol. The molecule has 7 nitrogen and oxygen atoms in total. The zero-order valence-electron chi connectivity index (χ0n) is 29.7. The molecule has 0 saturated heterocycles. The lowest BCUT2D eigenvalue weighted by atomic mass is 9.23. The maximum Gasteiger partial charge on any atom is 0.215 e. The largest absolute Gasteiger partial charge is 0.393 e. The van der Waals surface area contributed by atoms with Gasteiger partial charge >= 0.3 is 0 Å². The van der Waals surface area contributed by atoms with E-state index in [1.807, 2.05) is 0 Å². The minimum atomic E-state index is -0.996. The summed E-state index contributed by atoms with van der Waals surface area (Å²) >= 11 is 0. The van der Waals surface area contributed by atoms with Crippen LogP contribution in [0.5, 0.6) is 0 Å². The van der Waals surface area contributed by atoms with Crippen LogP contribution in [0, 0.1) is 56.7 Å². The van der Waals surface area contributed by atoms with E-state index in [2.05, 4.69) is 48.5 Å². The fourth-order valence-electron chi connectivity index (χ4n) is 13.1. The molecule has 6 aliphatic rings. The highest BCUT2D eigenvalue weighted by molar-refractivity contribution is 5.75. The molecule has 1 N–H and O–H groups in total. The number of hydrogen-bond donors (Lipinski definition) is 1. The van der Waals surface area contributed by atoms with Crippen molar-refractivity contribution in [2.45, 2.75) is 150 Å². The molecular formula is C38H62O7. The summed E-state index contributed by atoms with van der Waals surface area (Å²) in [5.41, 5.74) is 0.218. The van der Waals surface area contributed by atoms with Gasteiger partial charge in [-0.25, -0.2) is 0 Å². The summed E-state index contributed by atoms with van der Waals surface area (Å²) in [6.07, 6.45) is 11.3. The third-order valence-corrected chi connectivity index (χ3v) is 15.7. The summed E-state index contributed by atoms with van der Waals surface area (Å²) in [5, 5.41) is 11.9. The minimum Gasteiger partial charge on any atom is -0.393 e. The molecule has 0 aromatic rings. The molecule has 12 atom stereocenters. The molecule has 0 heterocycles. The van der Waals surface area contributed by atoms with Gasteiger partial charge in [-0.05, 0) is 142 Å². The van der Waals surface area contributed by atoms with E-state index in [1.54, 1.807) is 14.0 Å². The Balaban J connectivity index is 1.33. The van der Waals surface area contributed by atoms with Crippen LogP contribution in [-0.4, -0.2) is 61.3 Å². The van der Waals surface area contributed by atoms with Crippen molar-refractivity contribution in [3.8, 4) is 0 Å². The van der Waals surface area contributed by atoms with E-state index in [0.717, 1.165) is 38.5 Å². The van der Waals surface area contributed by atoms with Crippen molar-refractivity contribution in [2.75, 3.05) is 13.7 Å². The number of rotatable bonds is 14. The molecule has 6 saturated carbocycles. The maximum atomic E-state index is 12.1. The highest BCUT2D eigenvalue weighted by atomic mass is 16.7. The van der Waals surface area contributed by atoms with Crippen LogP contribution in [0.25, 0.3) is 0 Å². The molecule has 45 heavy (non-hydrogen) atoms. The number of carbonyl (C=O) groups is 3. The number of aliphatic hydroxyl groups is 1. The first-order valence-corrected chi connectivity index (χ1v) is 17.9. The number of hydrogen-bond acceptors (Lipinski definition) is 7. The normalized spacial score (nSPS) is 43.6. The van der Waals surface area contributed by atoms with Crippen LogP contribution >= 0.6 is 0 Å². The van der Waals surface area contributed by atoms with E-state index in [4.69, 9.17) is 14.2 Å². The molecule has 7 heteroatoms. The molecule has 0 amide bonds. The van der Waals surface area contributed by atoms with Crippen molar-refractivity contribution in [1.29, 1.82) is 0 Å².